The number of rotatable bonds is 0. The van der Waals surface area contributed by atoms with Gasteiger partial charge in [0.2, 0.25) is 5.78 Å². The Labute approximate surface area is 121 Å². The van der Waals surface area contributed by atoms with E-state index in [0.717, 1.165) is 16.8 Å². The highest BCUT2D eigenvalue weighted by molar-refractivity contribution is 5.99. The second-order valence-electron chi connectivity index (χ2n) is 5.48. The molecule has 0 N–H and O–H groups in total. The summed E-state index contributed by atoms with van der Waals surface area (Å²) in [5.41, 5.74) is 4.62. The van der Waals surface area contributed by atoms with Gasteiger partial charge in [0.25, 0.3) is 0 Å². The second-order valence-corrected chi connectivity index (χ2v) is 5.48. The van der Waals surface area contributed by atoms with Crippen molar-refractivity contribution >= 4 is 38.6 Å². The lowest BCUT2D eigenvalue weighted by molar-refractivity contribution is 0.974. The van der Waals surface area contributed by atoms with E-state index in [4.69, 9.17) is 4.98 Å². The second kappa shape index (κ2) is 3.64. The Morgan fingerprint density at radius 3 is 2.24 bits per heavy atom. The van der Waals surface area contributed by atoms with Gasteiger partial charge in [-0.25, -0.2) is 4.98 Å². The summed E-state index contributed by atoms with van der Waals surface area (Å²) in [5.74, 6) is 0.988. The van der Waals surface area contributed by atoms with Crippen LogP contribution >= 0.6 is 0 Å². The minimum atomic E-state index is 0.988. The van der Waals surface area contributed by atoms with E-state index in [-0.39, 0.29) is 0 Å². The molecule has 5 rings (SSSR count). The topological polar surface area (TPSA) is 22.2 Å². The minimum absolute atomic E-state index is 0.988. The van der Waals surface area contributed by atoms with Gasteiger partial charge in [-0.05, 0) is 35.0 Å². The molecule has 0 aliphatic carbocycles. The van der Waals surface area contributed by atoms with Crippen LogP contribution in [0.5, 0.6) is 0 Å². The van der Waals surface area contributed by atoms with E-state index in [1.54, 1.807) is 0 Å². The molecule has 0 atom stereocenters. The molecule has 2 aromatic heterocycles. The Balaban J connectivity index is 2.11. The number of para-hydroxylation sites is 2. The summed E-state index contributed by atoms with van der Waals surface area (Å²) in [7, 11) is 2.08. The molecule has 0 aliphatic rings. The molecule has 3 nitrogen and oxygen atoms in total. The molecule has 0 unspecified atom stereocenters. The average Bonchev–Trinajstić information content (AvgIpc) is 3.03. The maximum atomic E-state index is 4.77. The Kier molecular flexibility index (Phi) is 1.89. The summed E-state index contributed by atoms with van der Waals surface area (Å²) >= 11 is 0. The van der Waals surface area contributed by atoms with Crippen LogP contribution in [0.1, 0.15) is 0 Å². The number of benzene rings is 3. The first-order chi connectivity index (χ1) is 10.3. The van der Waals surface area contributed by atoms with E-state index in [9.17, 15) is 0 Å². The van der Waals surface area contributed by atoms with Crippen LogP contribution < -0.4 is 0 Å². The maximum Gasteiger partial charge on any atom is 0.215 e. The molecule has 0 bridgehead atoms. The van der Waals surface area contributed by atoms with Crippen molar-refractivity contribution < 1.29 is 0 Å². The number of hydrogen-bond acceptors (Lipinski definition) is 1. The van der Waals surface area contributed by atoms with Crippen molar-refractivity contribution in [2.45, 2.75) is 0 Å². The predicted molar refractivity (Wildman–Crippen MR) is 86.7 cm³/mol. The number of hydrogen-bond donors (Lipinski definition) is 0. The average molecular weight is 271 g/mol. The number of imidazole rings is 2. The van der Waals surface area contributed by atoms with Gasteiger partial charge in [0.1, 0.15) is 0 Å². The summed E-state index contributed by atoms with van der Waals surface area (Å²) in [6.45, 7) is 0. The van der Waals surface area contributed by atoms with E-state index in [1.165, 1.54) is 21.8 Å². The highest BCUT2D eigenvalue weighted by Crippen LogP contribution is 2.28. The molecule has 2 heterocycles. The Hall–Kier alpha value is -2.81. The zero-order valence-electron chi connectivity index (χ0n) is 11.6. The normalized spacial score (nSPS) is 12.0. The summed E-state index contributed by atoms with van der Waals surface area (Å²) in [4.78, 5) is 4.77. The molecule has 0 amide bonds. The van der Waals surface area contributed by atoms with Crippen LogP contribution in [-0.4, -0.2) is 14.0 Å². The van der Waals surface area contributed by atoms with Crippen molar-refractivity contribution in [2.75, 3.05) is 0 Å². The molecule has 21 heavy (non-hydrogen) atoms. The number of nitrogens with zero attached hydrogens (tertiary/aromatic N) is 3. The first kappa shape index (κ1) is 10.9. The molecule has 0 fully saturated rings. The van der Waals surface area contributed by atoms with Crippen molar-refractivity contribution in [3.05, 3.63) is 60.7 Å². The number of fused-ring (bicyclic) bond motifs is 6. The highest BCUT2D eigenvalue weighted by Gasteiger charge is 2.13. The molecule has 100 valence electrons. The van der Waals surface area contributed by atoms with E-state index in [0.29, 0.717) is 0 Å². The van der Waals surface area contributed by atoms with Gasteiger partial charge >= 0.3 is 0 Å². The predicted octanol–water partition coefficient (Wildman–Crippen LogP) is 4.13. The maximum absolute atomic E-state index is 4.77. The largest absolute Gasteiger partial charge is 0.313 e. The zero-order chi connectivity index (χ0) is 14.0. The molecular formula is C18H13N3. The van der Waals surface area contributed by atoms with Crippen LogP contribution in [0, 0.1) is 0 Å². The molecule has 3 aromatic carbocycles. The first-order valence-electron chi connectivity index (χ1n) is 7.07. The van der Waals surface area contributed by atoms with Crippen LogP contribution in [0.4, 0.5) is 0 Å². The minimum Gasteiger partial charge on any atom is -0.313 e. The lowest BCUT2D eigenvalue weighted by atomic mass is 10.1. The SMILES string of the molecule is Cn1c2cc3ccccc3cc2n2c3ccccc3nc12. The number of aryl methyl sites for hydroxylation is 1. The molecular weight excluding hydrogens is 258 g/mol. The van der Waals surface area contributed by atoms with Gasteiger partial charge in [0.15, 0.2) is 0 Å². The van der Waals surface area contributed by atoms with Gasteiger partial charge < -0.3 is 4.57 Å². The lowest BCUT2D eigenvalue weighted by Crippen LogP contribution is -1.88. The third-order valence-electron chi connectivity index (χ3n) is 4.29. The highest BCUT2D eigenvalue weighted by atomic mass is 15.2. The van der Waals surface area contributed by atoms with E-state index in [1.807, 2.05) is 6.07 Å². The fourth-order valence-corrected chi connectivity index (χ4v) is 3.25. The zero-order valence-corrected chi connectivity index (χ0v) is 11.6. The molecule has 0 spiro atoms. The summed E-state index contributed by atoms with van der Waals surface area (Å²) in [5, 5.41) is 2.52. The first-order valence-corrected chi connectivity index (χ1v) is 7.07. The van der Waals surface area contributed by atoms with E-state index >= 15 is 0 Å². The van der Waals surface area contributed by atoms with Crippen molar-refractivity contribution in [3.8, 4) is 0 Å². The summed E-state index contributed by atoms with van der Waals surface area (Å²) in [6, 6.07) is 21.3. The van der Waals surface area contributed by atoms with Gasteiger partial charge in [0, 0.05) is 7.05 Å². The van der Waals surface area contributed by atoms with Crippen molar-refractivity contribution in [2.24, 2.45) is 7.05 Å². The monoisotopic (exact) mass is 271 g/mol. The van der Waals surface area contributed by atoms with Gasteiger partial charge in [-0.15, -0.1) is 0 Å². The van der Waals surface area contributed by atoms with Gasteiger partial charge in [0.05, 0.1) is 22.1 Å². The number of aromatic nitrogens is 3. The third kappa shape index (κ3) is 1.30. The molecule has 0 aliphatic heterocycles. The standard InChI is InChI=1S/C18H13N3/c1-20-16-10-12-6-2-3-7-13(12)11-17(16)21-15-9-5-4-8-14(15)19-18(20)21/h2-11H,1H3. The van der Waals surface area contributed by atoms with Crippen LogP contribution in [0.2, 0.25) is 0 Å². The van der Waals surface area contributed by atoms with Crippen LogP contribution in [0.25, 0.3) is 38.6 Å². The van der Waals surface area contributed by atoms with E-state index < -0.39 is 0 Å². The Bertz CT molecular complexity index is 1140. The fraction of sp³-hybridized carbons (Fsp3) is 0.0556. The smallest absolute Gasteiger partial charge is 0.215 e. The van der Waals surface area contributed by atoms with Gasteiger partial charge in [-0.3, -0.25) is 4.40 Å². The van der Waals surface area contributed by atoms with Gasteiger partial charge in [-0.1, -0.05) is 36.4 Å². The molecule has 0 saturated carbocycles. The molecule has 5 aromatic rings. The quantitative estimate of drug-likeness (QED) is 0.415. The van der Waals surface area contributed by atoms with Crippen molar-refractivity contribution in [1.29, 1.82) is 0 Å². The van der Waals surface area contributed by atoms with Crippen LogP contribution in [-0.2, 0) is 7.05 Å². The van der Waals surface area contributed by atoms with Crippen LogP contribution in [0.3, 0.4) is 0 Å². The Morgan fingerprint density at radius 2 is 1.43 bits per heavy atom. The van der Waals surface area contributed by atoms with E-state index in [2.05, 4.69) is 70.6 Å². The lowest BCUT2D eigenvalue weighted by Gasteiger charge is -2.00. The summed E-state index contributed by atoms with van der Waals surface area (Å²) < 4.78 is 4.42. The molecule has 0 saturated heterocycles. The van der Waals surface area contributed by atoms with Gasteiger partial charge in [-0.2, -0.15) is 0 Å². The third-order valence-corrected chi connectivity index (χ3v) is 4.29. The Morgan fingerprint density at radius 1 is 0.762 bits per heavy atom. The summed E-state index contributed by atoms with van der Waals surface area (Å²) in [6.07, 6.45) is 0. The van der Waals surface area contributed by atoms with Crippen molar-refractivity contribution in [3.63, 3.8) is 0 Å². The van der Waals surface area contributed by atoms with Crippen LogP contribution in [0.15, 0.2) is 60.7 Å². The molecule has 3 heteroatoms. The van der Waals surface area contributed by atoms with Crippen molar-refractivity contribution in [1.82, 2.24) is 14.0 Å². The fourth-order valence-electron chi connectivity index (χ4n) is 3.25. The molecule has 0 radical (unpaired) electrons.